The number of hydrogen-bond donors (Lipinski definition) is 0. The number of rotatable bonds is 3. The van der Waals surface area contributed by atoms with Gasteiger partial charge < -0.3 is 0 Å². The standard InChI is InChI=1S/C12H10F4P2/c13-7-3-1-5-9(11(7)15)17-18-10-6-2-4-8(14)12(10)16/h1-6,17H,18H3. The van der Waals surface area contributed by atoms with E-state index in [1.165, 1.54) is 24.3 Å². The Balaban J connectivity index is 2.17. The van der Waals surface area contributed by atoms with Crippen LogP contribution >= 0.6 is 16.5 Å². The van der Waals surface area contributed by atoms with Crippen LogP contribution in [0.15, 0.2) is 36.4 Å². The first-order valence-electron chi connectivity index (χ1n) is 5.20. The fraction of sp³-hybridized carbons (Fsp3) is 0. The molecule has 18 heavy (non-hydrogen) atoms. The van der Waals surface area contributed by atoms with E-state index in [0.717, 1.165) is 12.1 Å². The first-order valence-corrected chi connectivity index (χ1v) is 9.24. The topological polar surface area (TPSA) is 0 Å². The van der Waals surface area contributed by atoms with Crippen molar-refractivity contribution in [2.45, 2.75) is 0 Å². The third-order valence-electron chi connectivity index (χ3n) is 2.45. The molecule has 0 aromatic heterocycles. The van der Waals surface area contributed by atoms with Crippen LogP contribution < -0.4 is 10.6 Å². The first-order chi connectivity index (χ1) is 8.59. The molecular weight excluding hydrogens is 282 g/mol. The molecule has 1 unspecified atom stereocenters. The zero-order valence-electron chi connectivity index (χ0n) is 9.18. The van der Waals surface area contributed by atoms with Crippen molar-refractivity contribution in [1.82, 2.24) is 0 Å². The molecule has 2 aromatic carbocycles. The van der Waals surface area contributed by atoms with Crippen LogP contribution in [0.5, 0.6) is 0 Å². The Morgan fingerprint density at radius 3 is 2.11 bits per heavy atom. The van der Waals surface area contributed by atoms with E-state index in [0.29, 0.717) is 5.30 Å². The van der Waals surface area contributed by atoms with Crippen LogP contribution in [0.1, 0.15) is 0 Å². The quantitative estimate of drug-likeness (QED) is 0.603. The Morgan fingerprint density at radius 2 is 1.39 bits per heavy atom. The predicted molar refractivity (Wildman–Crippen MR) is 71.4 cm³/mol. The number of halogens is 4. The summed E-state index contributed by atoms with van der Waals surface area (Å²) in [5, 5.41) is 0.544. The molecule has 0 N–H and O–H groups in total. The summed E-state index contributed by atoms with van der Waals surface area (Å²) < 4.78 is 52.7. The molecule has 0 radical (unpaired) electrons. The Bertz CT molecular complexity index is 520. The summed E-state index contributed by atoms with van der Waals surface area (Å²) in [6.07, 6.45) is 0. The summed E-state index contributed by atoms with van der Waals surface area (Å²) in [5.41, 5.74) is 0. The fourth-order valence-electron chi connectivity index (χ4n) is 1.52. The molecule has 0 bridgehead atoms. The molecule has 2 rings (SSSR count). The van der Waals surface area contributed by atoms with Gasteiger partial charge in [0.1, 0.15) is 0 Å². The third kappa shape index (κ3) is 2.88. The van der Waals surface area contributed by atoms with Gasteiger partial charge in [0.25, 0.3) is 0 Å². The SMILES string of the molecule is Fc1cccc(P[PH3]c2cccc(F)c2F)c1F. The maximum absolute atomic E-state index is 13.4. The van der Waals surface area contributed by atoms with E-state index in [-0.39, 0.29) is 13.6 Å². The van der Waals surface area contributed by atoms with E-state index in [9.17, 15) is 17.6 Å². The van der Waals surface area contributed by atoms with E-state index in [4.69, 9.17) is 0 Å². The monoisotopic (exact) mass is 292 g/mol. The van der Waals surface area contributed by atoms with E-state index < -0.39 is 31.5 Å². The molecule has 0 aliphatic carbocycles. The Labute approximate surface area is 105 Å². The molecule has 0 spiro atoms. The van der Waals surface area contributed by atoms with Gasteiger partial charge in [0.05, 0.1) is 0 Å². The molecule has 2 aromatic rings. The van der Waals surface area contributed by atoms with Gasteiger partial charge in [0, 0.05) is 0 Å². The van der Waals surface area contributed by atoms with Gasteiger partial charge in [-0.1, -0.05) is 0 Å². The van der Waals surface area contributed by atoms with Crippen LogP contribution in [0.4, 0.5) is 17.6 Å². The molecule has 0 aliphatic heterocycles. The zero-order valence-corrected chi connectivity index (χ0v) is 11.6. The van der Waals surface area contributed by atoms with Crippen LogP contribution in [-0.2, 0) is 0 Å². The molecule has 0 saturated carbocycles. The van der Waals surface area contributed by atoms with Crippen LogP contribution in [0.2, 0.25) is 0 Å². The Morgan fingerprint density at radius 1 is 0.778 bits per heavy atom. The Kier molecular flexibility index (Phi) is 4.31. The first kappa shape index (κ1) is 13.5. The molecule has 1 atom stereocenters. The van der Waals surface area contributed by atoms with E-state index in [1.54, 1.807) is 0 Å². The second kappa shape index (κ2) is 5.77. The van der Waals surface area contributed by atoms with Gasteiger partial charge in [-0.3, -0.25) is 0 Å². The zero-order chi connectivity index (χ0) is 13.1. The van der Waals surface area contributed by atoms with Crippen molar-refractivity contribution in [3.63, 3.8) is 0 Å². The fourth-order valence-corrected chi connectivity index (χ4v) is 5.74. The average Bonchev–Trinajstić information content (AvgIpc) is 2.36. The van der Waals surface area contributed by atoms with Crippen molar-refractivity contribution < 1.29 is 17.6 Å². The van der Waals surface area contributed by atoms with Crippen LogP contribution in [0.25, 0.3) is 0 Å². The van der Waals surface area contributed by atoms with E-state index in [1.807, 2.05) is 0 Å². The number of hydrogen-bond acceptors (Lipinski definition) is 0. The van der Waals surface area contributed by atoms with Gasteiger partial charge in [-0.2, -0.15) is 0 Å². The van der Waals surface area contributed by atoms with Gasteiger partial charge in [-0.05, 0) is 0 Å². The van der Waals surface area contributed by atoms with Gasteiger partial charge >= 0.3 is 104 Å². The van der Waals surface area contributed by atoms with Crippen molar-refractivity contribution in [3.8, 4) is 0 Å². The molecule has 0 aliphatic rings. The summed E-state index contributed by atoms with van der Waals surface area (Å²) in [7, 11) is -1.20. The van der Waals surface area contributed by atoms with Crippen molar-refractivity contribution in [2.24, 2.45) is 0 Å². The van der Waals surface area contributed by atoms with Gasteiger partial charge in [-0.15, -0.1) is 0 Å². The second-order valence-electron chi connectivity index (χ2n) is 3.67. The molecule has 0 saturated heterocycles. The molecule has 96 valence electrons. The van der Waals surface area contributed by atoms with Crippen LogP contribution in [0.3, 0.4) is 0 Å². The normalized spacial score (nSPS) is 11.6. The predicted octanol–water partition coefficient (Wildman–Crippen LogP) is 2.93. The summed E-state index contributed by atoms with van der Waals surface area (Å²) in [4.78, 5) is 0. The maximum atomic E-state index is 13.4. The van der Waals surface area contributed by atoms with Gasteiger partial charge in [0.2, 0.25) is 0 Å². The molecule has 0 fully saturated rings. The minimum atomic E-state index is -1.19. The van der Waals surface area contributed by atoms with Gasteiger partial charge in [-0.25, -0.2) is 0 Å². The minimum absolute atomic E-state index is 0.0129. The molecular formula is C12H10F4P2. The van der Waals surface area contributed by atoms with Crippen molar-refractivity contribution in [1.29, 1.82) is 0 Å². The average molecular weight is 292 g/mol. The number of benzene rings is 2. The third-order valence-corrected chi connectivity index (χ3v) is 7.14. The summed E-state index contributed by atoms with van der Waals surface area (Å²) in [6.45, 7) is 0. The Hall–Kier alpha value is -0.980. The van der Waals surface area contributed by atoms with Crippen LogP contribution in [-0.4, -0.2) is 0 Å². The summed E-state index contributed by atoms with van der Waals surface area (Å²) >= 11 is 0. The van der Waals surface area contributed by atoms with Crippen molar-refractivity contribution in [3.05, 3.63) is 59.7 Å². The van der Waals surface area contributed by atoms with Crippen molar-refractivity contribution >= 4 is 27.1 Å². The summed E-state index contributed by atoms with van der Waals surface area (Å²) in [6, 6.07) is 7.88. The summed E-state index contributed by atoms with van der Waals surface area (Å²) in [5.74, 6) is -3.56. The molecule has 0 nitrogen and oxygen atoms in total. The van der Waals surface area contributed by atoms with Gasteiger partial charge in [0.15, 0.2) is 0 Å². The van der Waals surface area contributed by atoms with E-state index >= 15 is 0 Å². The van der Waals surface area contributed by atoms with Crippen molar-refractivity contribution in [2.75, 3.05) is 0 Å². The van der Waals surface area contributed by atoms with E-state index in [2.05, 4.69) is 0 Å². The van der Waals surface area contributed by atoms with Crippen LogP contribution in [0, 0.1) is 23.3 Å². The second-order valence-corrected chi connectivity index (χ2v) is 7.80. The molecule has 0 amide bonds. The molecule has 6 heteroatoms. The molecule has 0 heterocycles.